The van der Waals surface area contributed by atoms with E-state index < -0.39 is 20.0 Å². The third kappa shape index (κ3) is 5.92. The molecule has 0 amide bonds. The van der Waals surface area contributed by atoms with E-state index in [1.807, 2.05) is 0 Å². The van der Waals surface area contributed by atoms with E-state index >= 15 is 0 Å². The maximum atomic E-state index is 11.9. The third-order valence-electron chi connectivity index (χ3n) is 2.33. The predicted octanol–water partition coefficient (Wildman–Crippen LogP) is -1.24. The lowest BCUT2D eigenvalue weighted by atomic mass is 10.4. The largest absolute Gasteiger partial charge is 0.325 e. The van der Waals surface area contributed by atoms with Gasteiger partial charge in [0, 0.05) is 25.8 Å². The van der Waals surface area contributed by atoms with Crippen molar-refractivity contribution in [2.45, 2.75) is 17.9 Å². The van der Waals surface area contributed by atoms with Gasteiger partial charge in [-0.15, -0.1) is 0 Å². The van der Waals surface area contributed by atoms with Crippen molar-refractivity contribution in [2.75, 3.05) is 19.3 Å². The highest BCUT2D eigenvalue weighted by molar-refractivity contribution is 7.89. The van der Waals surface area contributed by atoms with Crippen LogP contribution < -0.4 is 15.2 Å². The second-order valence-corrected chi connectivity index (χ2v) is 7.71. The van der Waals surface area contributed by atoms with Gasteiger partial charge in [0.15, 0.2) is 0 Å². The molecule has 1 aromatic rings. The standard InChI is InChI=1S/C10H18N4O4S2/c1-19(15,16)13-5-2-6-14-20(17,18)10-4-3-9(7-11)12-8-10/h3-4,8,13-14H,2,5-7,11H2,1H3. The zero-order chi connectivity index (χ0) is 15.2. The Labute approximate surface area is 118 Å². The van der Waals surface area contributed by atoms with Gasteiger partial charge in [0.05, 0.1) is 11.9 Å². The second kappa shape index (κ2) is 7.09. The van der Waals surface area contributed by atoms with Gasteiger partial charge in [-0.25, -0.2) is 26.3 Å². The van der Waals surface area contributed by atoms with E-state index in [0.29, 0.717) is 12.1 Å². The SMILES string of the molecule is CS(=O)(=O)NCCCNS(=O)(=O)c1ccc(CN)nc1. The Balaban J connectivity index is 2.49. The molecule has 0 bridgehead atoms. The van der Waals surface area contributed by atoms with E-state index in [1.165, 1.54) is 12.3 Å². The van der Waals surface area contributed by atoms with Crippen molar-refractivity contribution in [1.82, 2.24) is 14.4 Å². The number of aromatic nitrogens is 1. The van der Waals surface area contributed by atoms with Crippen molar-refractivity contribution in [1.29, 1.82) is 0 Å². The minimum atomic E-state index is -3.63. The van der Waals surface area contributed by atoms with Crippen LogP contribution in [0.5, 0.6) is 0 Å². The van der Waals surface area contributed by atoms with Crippen LogP contribution in [0, 0.1) is 0 Å². The van der Waals surface area contributed by atoms with Crippen molar-refractivity contribution >= 4 is 20.0 Å². The lowest BCUT2D eigenvalue weighted by Crippen LogP contribution is -2.29. The summed E-state index contributed by atoms with van der Waals surface area (Å²) in [6, 6.07) is 2.96. The van der Waals surface area contributed by atoms with Crippen LogP contribution in [0.4, 0.5) is 0 Å². The molecule has 114 valence electrons. The first-order valence-electron chi connectivity index (χ1n) is 5.84. The maximum Gasteiger partial charge on any atom is 0.242 e. The predicted molar refractivity (Wildman–Crippen MR) is 74.8 cm³/mol. The summed E-state index contributed by atoms with van der Waals surface area (Å²) in [7, 11) is -6.88. The quantitative estimate of drug-likeness (QED) is 0.513. The molecule has 10 heteroatoms. The van der Waals surface area contributed by atoms with Crippen LogP contribution in [0.15, 0.2) is 23.2 Å². The number of hydrogen-bond acceptors (Lipinski definition) is 6. The summed E-state index contributed by atoms with van der Waals surface area (Å²) in [4.78, 5) is 3.95. The number of nitrogens with two attached hydrogens (primary N) is 1. The number of rotatable bonds is 8. The molecule has 0 aliphatic carbocycles. The first-order valence-corrected chi connectivity index (χ1v) is 9.21. The number of nitrogens with one attached hydrogen (secondary N) is 2. The fourth-order valence-corrected chi connectivity index (χ4v) is 2.86. The summed E-state index contributed by atoms with van der Waals surface area (Å²) in [6.07, 6.45) is 2.63. The van der Waals surface area contributed by atoms with Crippen molar-refractivity contribution < 1.29 is 16.8 Å². The van der Waals surface area contributed by atoms with Crippen molar-refractivity contribution in [3.63, 3.8) is 0 Å². The van der Waals surface area contributed by atoms with Crippen molar-refractivity contribution in [3.8, 4) is 0 Å². The average Bonchev–Trinajstić information content (AvgIpc) is 2.37. The molecule has 0 unspecified atom stereocenters. The molecule has 4 N–H and O–H groups in total. The summed E-state index contributed by atoms with van der Waals surface area (Å²) in [6.45, 7) is 0.542. The minimum Gasteiger partial charge on any atom is -0.325 e. The van der Waals surface area contributed by atoms with Crippen LogP contribution >= 0.6 is 0 Å². The van der Waals surface area contributed by atoms with E-state index in [-0.39, 0.29) is 24.5 Å². The topological polar surface area (TPSA) is 131 Å². The lowest BCUT2D eigenvalue weighted by molar-refractivity contribution is 0.574. The fraction of sp³-hybridized carbons (Fsp3) is 0.500. The molecule has 1 rings (SSSR count). The normalized spacial score (nSPS) is 12.5. The summed E-state index contributed by atoms with van der Waals surface area (Å²) < 4.78 is 50.0. The Morgan fingerprint density at radius 3 is 2.30 bits per heavy atom. The van der Waals surface area contributed by atoms with E-state index in [1.54, 1.807) is 6.07 Å². The highest BCUT2D eigenvalue weighted by Gasteiger charge is 2.13. The molecule has 0 aliphatic rings. The monoisotopic (exact) mass is 322 g/mol. The Kier molecular flexibility index (Phi) is 6.02. The van der Waals surface area contributed by atoms with Crippen LogP contribution in [-0.2, 0) is 26.6 Å². The van der Waals surface area contributed by atoms with Crippen molar-refractivity contribution in [3.05, 3.63) is 24.0 Å². The van der Waals surface area contributed by atoms with E-state index in [0.717, 1.165) is 6.26 Å². The fourth-order valence-electron chi connectivity index (χ4n) is 1.33. The molecule has 1 aromatic heterocycles. The first-order chi connectivity index (χ1) is 9.24. The molecule has 0 fully saturated rings. The summed E-state index contributed by atoms with van der Waals surface area (Å²) >= 11 is 0. The van der Waals surface area contributed by atoms with Gasteiger partial charge >= 0.3 is 0 Å². The van der Waals surface area contributed by atoms with Gasteiger partial charge < -0.3 is 5.73 Å². The Morgan fingerprint density at radius 1 is 1.15 bits per heavy atom. The zero-order valence-corrected chi connectivity index (χ0v) is 12.7. The van der Waals surface area contributed by atoms with Crippen molar-refractivity contribution in [2.24, 2.45) is 5.73 Å². The maximum absolute atomic E-state index is 11.9. The molecule has 0 aliphatic heterocycles. The zero-order valence-electron chi connectivity index (χ0n) is 11.0. The second-order valence-electron chi connectivity index (χ2n) is 4.11. The van der Waals surface area contributed by atoms with Crippen LogP contribution in [0.2, 0.25) is 0 Å². The minimum absolute atomic E-state index is 0.0470. The number of hydrogen-bond donors (Lipinski definition) is 3. The molecule has 0 saturated carbocycles. The lowest BCUT2D eigenvalue weighted by Gasteiger charge is -2.07. The van der Waals surface area contributed by atoms with Crippen LogP contribution in [0.3, 0.4) is 0 Å². The summed E-state index contributed by atoms with van der Waals surface area (Å²) in [5.74, 6) is 0. The third-order valence-corrected chi connectivity index (χ3v) is 4.50. The first kappa shape index (κ1) is 17.0. The molecule has 0 radical (unpaired) electrons. The number of nitrogens with zero attached hydrogens (tertiary/aromatic N) is 1. The molecule has 0 atom stereocenters. The van der Waals surface area contributed by atoms with Gasteiger partial charge in [0.25, 0.3) is 0 Å². The van der Waals surface area contributed by atoms with Gasteiger partial charge in [-0.3, -0.25) is 4.98 Å². The van der Waals surface area contributed by atoms with Gasteiger partial charge in [-0.2, -0.15) is 0 Å². The highest BCUT2D eigenvalue weighted by atomic mass is 32.2. The van der Waals surface area contributed by atoms with Gasteiger partial charge in [0.1, 0.15) is 4.90 Å². The van der Waals surface area contributed by atoms with Crippen LogP contribution in [0.1, 0.15) is 12.1 Å². The van der Waals surface area contributed by atoms with Gasteiger partial charge in [-0.1, -0.05) is 0 Å². The Hall–Kier alpha value is -1.07. The van der Waals surface area contributed by atoms with E-state index in [9.17, 15) is 16.8 Å². The van der Waals surface area contributed by atoms with Crippen LogP contribution in [-0.4, -0.2) is 41.2 Å². The molecule has 1 heterocycles. The molecular formula is C10H18N4O4S2. The molecule has 0 saturated heterocycles. The summed E-state index contributed by atoms with van der Waals surface area (Å²) in [5, 5.41) is 0. The van der Waals surface area contributed by atoms with E-state index in [4.69, 9.17) is 5.73 Å². The molecule has 20 heavy (non-hydrogen) atoms. The molecule has 8 nitrogen and oxygen atoms in total. The molecule has 0 spiro atoms. The molecular weight excluding hydrogens is 304 g/mol. The average molecular weight is 322 g/mol. The number of pyridine rings is 1. The summed E-state index contributed by atoms with van der Waals surface area (Å²) in [5.41, 5.74) is 5.97. The Bertz CT molecular complexity index is 626. The van der Waals surface area contributed by atoms with Gasteiger partial charge in [0.2, 0.25) is 20.0 Å². The smallest absolute Gasteiger partial charge is 0.242 e. The van der Waals surface area contributed by atoms with Crippen LogP contribution in [0.25, 0.3) is 0 Å². The molecule has 0 aromatic carbocycles. The number of sulfonamides is 2. The van der Waals surface area contributed by atoms with Gasteiger partial charge in [-0.05, 0) is 18.6 Å². The Morgan fingerprint density at radius 2 is 1.80 bits per heavy atom. The highest BCUT2D eigenvalue weighted by Crippen LogP contribution is 2.07. The van der Waals surface area contributed by atoms with E-state index in [2.05, 4.69) is 14.4 Å².